The highest BCUT2D eigenvalue weighted by Crippen LogP contribution is 2.40. The first-order chi connectivity index (χ1) is 7.56. The number of benzene rings is 1. The molecule has 0 N–H and O–H groups in total. The number of nitrogens with zero attached hydrogens (tertiary/aromatic N) is 1. The van der Waals surface area contributed by atoms with E-state index >= 15 is 0 Å². The predicted octanol–water partition coefficient (Wildman–Crippen LogP) is 2.52. The third-order valence-corrected chi connectivity index (χ3v) is 2.99. The molecule has 0 spiro atoms. The van der Waals surface area contributed by atoms with Crippen molar-refractivity contribution < 1.29 is 9.53 Å². The number of ether oxygens (including phenoxy) is 1. The third-order valence-electron chi connectivity index (χ3n) is 2.47. The number of halogens is 2. The Morgan fingerprint density at radius 1 is 1.50 bits per heavy atom. The molecule has 0 radical (unpaired) electrons. The molecule has 1 unspecified atom stereocenters. The molecule has 1 aromatic rings. The van der Waals surface area contributed by atoms with Crippen LogP contribution in [-0.2, 0) is 4.79 Å². The quantitative estimate of drug-likeness (QED) is 0.464. The lowest BCUT2D eigenvalue weighted by molar-refractivity contribution is 0.268. The molecule has 2 rings (SSSR count). The Hall–Kier alpha value is -0.930. The van der Waals surface area contributed by atoms with E-state index in [1.54, 1.807) is 11.2 Å². The Labute approximate surface area is 104 Å². The second-order valence-electron chi connectivity index (χ2n) is 3.64. The van der Waals surface area contributed by atoms with Crippen molar-refractivity contribution in [2.75, 3.05) is 11.5 Å². The molecule has 1 heterocycles. The first kappa shape index (κ1) is 11.6. The van der Waals surface area contributed by atoms with E-state index in [1.165, 1.54) is 0 Å². The van der Waals surface area contributed by atoms with Crippen LogP contribution in [-0.4, -0.2) is 23.4 Å². The van der Waals surface area contributed by atoms with Crippen LogP contribution in [0, 0.1) is 0 Å². The summed E-state index contributed by atoms with van der Waals surface area (Å²) in [6.45, 7) is 2.31. The van der Waals surface area contributed by atoms with Gasteiger partial charge in [-0.2, -0.15) is 0 Å². The zero-order valence-electron chi connectivity index (χ0n) is 8.61. The van der Waals surface area contributed by atoms with Crippen LogP contribution in [0.15, 0.2) is 24.3 Å². The maximum Gasteiger partial charge on any atom is 0.142 e. The van der Waals surface area contributed by atoms with Crippen molar-refractivity contribution in [3.63, 3.8) is 0 Å². The topological polar surface area (TPSA) is 29.5 Å². The number of alkyl halides is 2. The lowest BCUT2D eigenvalue weighted by atomic mass is 10.1. The number of hydrogen-bond donors (Lipinski definition) is 0. The van der Waals surface area contributed by atoms with Crippen molar-refractivity contribution in [1.29, 1.82) is 0 Å². The summed E-state index contributed by atoms with van der Waals surface area (Å²) in [6, 6.07) is 7.21. The van der Waals surface area contributed by atoms with Crippen LogP contribution >= 0.6 is 23.2 Å². The molecule has 0 saturated heterocycles. The number of fused-ring (bicyclic) bond motifs is 1. The Morgan fingerprint density at radius 2 is 2.19 bits per heavy atom. The van der Waals surface area contributed by atoms with Gasteiger partial charge in [0.15, 0.2) is 0 Å². The lowest BCUT2D eigenvalue weighted by Gasteiger charge is -2.46. The largest absolute Gasteiger partial charge is 0.537 e. The van der Waals surface area contributed by atoms with Gasteiger partial charge in [-0.1, -0.05) is 12.1 Å². The molecule has 1 atom stereocenters. The Bertz CT molecular complexity index is 409. The van der Waals surface area contributed by atoms with E-state index in [1.807, 2.05) is 31.2 Å². The van der Waals surface area contributed by atoms with E-state index in [2.05, 4.69) is 0 Å². The summed E-state index contributed by atoms with van der Waals surface area (Å²) in [5, 5.41) is 0. The normalized spacial score (nSPS) is 19.9. The zero-order valence-corrected chi connectivity index (χ0v) is 10.1. The van der Waals surface area contributed by atoms with Crippen molar-refractivity contribution in [2.24, 2.45) is 0 Å². The van der Waals surface area contributed by atoms with Gasteiger partial charge in [0, 0.05) is 0 Å². The molecule has 16 heavy (non-hydrogen) atoms. The molecule has 3 nitrogen and oxygen atoms in total. The predicted molar refractivity (Wildman–Crippen MR) is 64.0 cm³/mol. The van der Waals surface area contributed by atoms with Crippen LogP contribution < -0.4 is 9.64 Å². The third kappa shape index (κ3) is 1.85. The maximum absolute atomic E-state index is 10.8. The lowest BCUT2D eigenvalue weighted by Crippen LogP contribution is -2.51. The fourth-order valence-corrected chi connectivity index (χ4v) is 2.29. The summed E-state index contributed by atoms with van der Waals surface area (Å²) in [5.74, 6) is 0.668. The van der Waals surface area contributed by atoms with E-state index in [4.69, 9.17) is 27.9 Å². The molecule has 1 aromatic carbocycles. The van der Waals surface area contributed by atoms with Gasteiger partial charge < -0.3 is 14.4 Å². The standard InChI is InChI=1S/C11H10Cl2NO2/c1-8-6-16-10-5-3-2-4-9(10)14(8)11(12,13)7-15/h2-5,8H,6H2,1H3/q-1. The molecule has 86 valence electrons. The number of carbonyl (C=O) groups excluding carboxylic acids is 1. The van der Waals surface area contributed by atoms with Crippen LogP contribution in [0.4, 0.5) is 5.69 Å². The van der Waals surface area contributed by atoms with Gasteiger partial charge in [-0.3, -0.25) is 0 Å². The summed E-state index contributed by atoms with van der Waals surface area (Å²) in [6.07, 6.45) is 1.63. The van der Waals surface area contributed by atoms with Crippen molar-refractivity contribution in [3.05, 3.63) is 24.3 Å². The minimum Gasteiger partial charge on any atom is -0.537 e. The van der Waals surface area contributed by atoms with E-state index in [9.17, 15) is 4.79 Å². The summed E-state index contributed by atoms with van der Waals surface area (Å²) in [7, 11) is 0. The molecule has 1 aliphatic heterocycles. The molecular formula is C11H10Cl2NO2-. The second kappa shape index (κ2) is 4.15. The zero-order chi connectivity index (χ0) is 11.8. The van der Waals surface area contributed by atoms with Crippen molar-refractivity contribution >= 4 is 35.2 Å². The van der Waals surface area contributed by atoms with Crippen molar-refractivity contribution in [1.82, 2.24) is 0 Å². The monoisotopic (exact) mass is 258 g/mol. The highest BCUT2D eigenvalue weighted by atomic mass is 35.5. The molecule has 0 aliphatic carbocycles. The van der Waals surface area contributed by atoms with E-state index in [0.717, 1.165) is 0 Å². The van der Waals surface area contributed by atoms with E-state index in [-0.39, 0.29) is 6.04 Å². The Morgan fingerprint density at radius 3 is 2.88 bits per heavy atom. The molecular weight excluding hydrogens is 249 g/mol. The van der Waals surface area contributed by atoms with Gasteiger partial charge in [-0.25, -0.2) is 6.29 Å². The van der Waals surface area contributed by atoms with Gasteiger partial charge in [0.05, 0.1) is 16.2 Å². The molecule has 0 amide bonds. The van der Waals surface area contributed by atoms with Crippen LogP contribution in [0.2, 0.25) is 0 Å². The fourth-order valence-electron chi connectivity index (χ4n) is 1.78. The van der Waals surface area contributed by atoms with Crippen molar-refractivity contribution in [3.8, 4) is 5.75 Å². The van der Waals surface area contributed by atoms with Gasteiger partial charge in [0.2, 0.25) is 0 Å². The van der Waals surface area contributed by atoms with Gasteiger partial charge in [0.1, 0.15) is 12.4 Å². The second-order valence-corrected chi connectivity index (χ2v) is 4.93. The van der Waals surface area contributed by atoms with Gasteiger partial charge in [-0.05, 0) is 19.1 Å². The Balaban J connectivity index is 2.48. The maximum atomic E-state index is 10.8. The molecule has 0 saturated carbocycles. The first-order valence-corrected chi connectivity index (χ1v) is 5.60. The van der Waals surface area contributed by atoms with Crippen LogP contribution in [0.5, 0.6) is 5.75 Å². The Kier molecular flexibility index (Phi) is 3.00. The number of para-hydroxylation sites is 2. The van der Waals surface area contributed by atoms with Gasteiger partial charge in [0.25, 0.3) is 0 Å². The van der Waals surface area contributed by atoms with Crippen LogP contribution in [0.3, 0.4) is 0 Å². The smallest absolute Gasteiger partial charge is 0.142 e. The molecule has 1 aliphatic rings. The minimum absolute atomic E-state index is 0.0913. The summed E-state index contributed by atoms with van der Waals surface area (Å²) in [5.41, 5.74) is 0.703. The molecule has 5 heteroatoms. The number of anilines is 1. The minimum atomic E-state index is -1.68. The number of hydrogen-bond acceptors (Lipinski definition) is 3. The average molecular weight is 259 g/mol. The highest BCUT2D eigenvalue weighted by molar-refractivity contribution is 6.57. The average Bonchev–Trinajstić information content (AvgIpc) is 2.28. The van der Waals surface area contributed by atoms with Crippen molar-refractivity contribution in [2.45, 2.75) is 17.4 Å². The SMILES string of the molecule is CC1COc2ccccc2N1C(Cl)(Cl)[C-]=O. The van der Waals surface area contributed by atoms with E-state index in [0.29, 0.717) is 18.0 Å². The molecule has 0 fully saturated rings. The fraction of sp³-hybridized carbons (Fsp3) is 0.364. The van der Waals surface area contributed by atoms with Crippen LogP contribution in [0.25, 0.3) is 0 Å². The summed E-state index contributed by atoms with van der Waals surface area (Å²) in [4.78, 5) is 12.4. The van der Waals surface area contributed by atoms with Gasteiger partial charge >= 0.3 is 0 Å². The number of rotatable bonds is 2. The van der Waals surface area contributed by atoms with Crippen LogP contribution in [0.1, 0.15) is 6.92 Å². The van der Waals surface area contributed by atoms with Gasteiger partial charge in [-0.15, -0.1) is 23.2 Å². The van der Waals surface area contributed by atoms with E-state index < -0.39 is 4.46 Å². The highest BCUT2D eigenvalue weighted by Gasteiger charge is 2.32. The summed E-state index contributed by atoms with van der Waals surface area (Å²) < 4.78 is 3.84. The molecule has 0 aromatic heterocycles. The summed E-state index contributed by atoms with van der Waals surface area (Å²) >= 11 is 11.9. The molecule has 0 bridgehead atoms. The first-order valence-electron chi connectivity index (χ1n) is 4.84.